The van der Waals surface area contributed by atoms with Gasteiger partial charge in [0.1, 0.15) is 23.8 Å². The quantitative estimate of drug-likeness (QED) is 0.0912. The fraction of sp³-hybridized carbons (Fsp3) is 0.0789. The van der Waals surface area contributed by atoms with E-state index in [1.165, 1.54) is 11.8 Å². The van der Waals surface area contributed by atoms with Crippen molar-refractivity contribution in [1.82, 2.24) is 5.32 Å². The minimum atomic E-state index is -0.488. The van der Waals surface area contributed by atoms with Crippen LogP contribution < -0.4 is 25.4 Å². The molecule has 5 aromatic carbocycles. The Balaban J connectivity index is 1.22. The number of benzene rings is 5. The topological polar surface area (TPSA) is 106 Å². The standard InChI is InChI=1S/C38H33N3O5S/c1-45-32-20-14-30(15-21-32)39-36(42)26-47-34-22-16-31(17-23-34)40-38(44)35(41-37(43)29-10-6-3-7-11-29)24-27-12-18-33(19-13-27)46-25-28-8-4-2-5-9-28/h2-24H,25-26H2,1H3,(H,39,42)(H,40,44)(H,41,43)/b35-24-. The summed E-state index contributed by atoms with van der Waals surface area (Å²) in [7, 11) is 1.59. The van der Waals surface area contributed by atoms with E-state index in [2.05, 4.69) is 16.0 Å². The Morgan fingerprint density at radius 1 is 0.681 bits per heavy atom. The molecule has 3 N–H and O–H groups in total. The zero-order chi connectivity index (χ0) is 32.8. The van der Waals surface area contributed by atoms with E-state index in [0.717, 1.165) is 10.5 Å². The number of ether oxygens (including phenoxy) is 2. The van der Waals surface area contributed by atoms with Crippen LogP contribution in [0.25, 0.3) is 6.08 Å². The van der Waals surface area contributed by atoms with Crippen LogP contribution in [-0.4, -0.2) is 30.6 Å². The molecule has 0 heterocycles. The summed E-state index contributed by atoms with van der Waals surface area (Å²) < 4.78 is 11.0. The first kappa shape index (κ1) is 32.6. The number of hydrogen-bond acceptors (Lipinski definition) is 6. The van der Waals surface area contributed by atoms with Gasteiger partial charge in [-0.05, 0) is 90.0 Å². The highest BCUT2D eigenvalue weighted by molar-refractivity contribution is 8.00. The summed E-state index contributed by atoms with van der Waals surface area (Å²) in [5.74, 6) is 0.572. The zero-order valence-electron chi connectivity index (χ0n) is 25.6. The molecule has 3 amide bonds. The van der Waals surface area contributed by atoms with Gasteiger partial charge in [-0.1, -0.05) is 60.7 Å². The van der Waals surface area contributed by atoms with Gasteiger partial charge in [0.15, 0.2) is 0 Å². The van der Waals surface area contributed by atoms with Crippen molar-refractivity contribution in [2.24, 2.45) is 0 Å². The molecule has 0 saturated carbocycles. The van der Waals surface area contributed by atoms with Crippen LogP contribution in [0.15, 0.2) is 144 Å². The van der Waals surface area contributed by atoms with Crippen LogP contribution >= 0.6 is 11.8 Å². The highest BCUT2D eigenvalue weighted by Crippen LogP contribution is 2.22. The van der Waals surface area contributed by atoms with Crippen LogP contribution in [0.2, 0.25) is 0 Å². The maximum Gasteiger partial charge on any atom is 0.272 e. The van der Waals surface area contributed by atoms with Crippen molar-refractivity contribution < 1.29 is 23.9 Å². The highest BCUT2D eigenvalue weighted by atomic mass is 32.2. The van der Waals surface area contributed by atoms with Crippen molar-refractivity contribution in [3.05, 3.63) is 156 Å². The van der Waals surface area contributed by atoms with E-state index in [1.807, 2.05) is 72.8 Å². The first-order chi connectivity index (χ1) is 22.9. The molecule has 0 radical (unpaired) electrons. The van der Waals surface area contributed by atoms with Crippen LogP contribution in [0.5, 0.6) is 11.5 Å². The van der Waals surface area contributed by atoms with E-state index < -0.39 is 11.8 Å². The summed E-state index contributed by atoms with van der Waals surface area (Å²) >= 11 is 1.37. The van der Waals surface area contributed by atoms with Gasteiger partial charge in [0.2, 0.25) is 5.91 Å². The fourth-order valence-corrected chi connectivity index (χ4v) is 5.06. The molecule has 5 rings (SSSR count). The molecule has 8 nitrogen and oxygen atoms in total. The lowest BCUT2D eigenvalue weighted by Crippen LogP contribution is -2.30. The first-order valence-corrected chi connectivity index (χ1v) is 15.8. The van der Waals surface area contributed by atoms with Crippen LogP contribution in [0.4, 0.5) is 11.4 Å². The van der Waals surface area contributed by atoms with Gasteiger partial charge in [-0.2, -0.15) is 0 Å². The van der Waals surface area contributed by atoms with Crippen molar-refractivity contribution in [3.63, 3.8) is 0 Å². The predicted molar refractivity (Wildman–Crippen MR) is 187 cm³/mol. The number of carbonyl (C=O) groups excluding carboxylic acids is 3. The minimum Gasteiger partial charge on any atom is -0.497 e. The van der Waals surface area contributed by atoms with Gasteiger partial charge in [-0.25, -0.2) is 0 Å². The van der Waals surface area contributed by atoms with Crippen LogP contribution in [0, 0.1) is 0 Å². The fourth-order valence-electron chi connectivity index (χ4n) is 4.36. The molecule has 0 atom stereocenters. The maximum absolute atomic E-state index is 13.4. The van der Waals surface area contributed by atoms with Crippen molar-refractivity contribution in [1.29, 1.82) is 0 Å². The number of thioether (sulfide) groups is 1. The summed E-state index contributed by atoms with van der Waals surface area (Å²) in [6, 6.07) is 40.1. The summed E-state index contributed by atoms with van der Waals surface area (Å²) in [4.78, 5) is 39.7. The van der Waals surface area contributed by atoms with Gasteiger partial charge >= 0.3 is 0 Å². The third kappa shape index (κ3) is 10.1. The van der Waals surface area contributed by atoms with Crippen LogP contribution in [0.1, 0.15) is 21.5 Å². The second-order valence-corrected chi connectivity index (χ2v) is 11.3. The summed E-state index contributed by atoms with van der Waals surface area (Å²) in [6.45, 7) is 0.436. The van der Waals surface area contributed by atoms with Crippen molar-refractivity contribution in [2.75, 3.05) is 23.5 Å². The number of anilines is 2. The monoisotopic (exact) mass is 643 g/mol. The van der Waals surface area contributed by atoms with Gasteiger partial charge < -0.3 is 25.4 Å². The molecule has 9 heteroatoms. The average molecular weight is 644 g/mol. The smallest absolute Gasteiger partial charge is 0.272 e. The highest BCUT2D eigenvalue weighted by Gasteiger charge is 2.15. The Hall–Kier alpha value is -5.80. The van der Waals surface area contributed by atoms with Crippen LogP contribution in [0.3, 0.4) is 0 Å². The maximum atomic E-state index is 13.4. The van der Waals surface area contributed by atoms with Gasteiger partial charge in [-0.3, -0.25) is 14.4 Å². The predicted octanol–water partition coefficient (Wildman–Crippen LogP) is 7.41. The van der Waals surface area contributed by atoms with E-state index >= 15 is 0 Å². The van der Waals surface area contributed by atoms with E-state index in [1.54, 1.807) is 73.8 Å². The molecule has 0 fully saturated rings. The zero-order valence-corrected chi connectivity index (χ0v) is 26.5. The molecule has 0 aliphatic heterocycles. The third-order valence-electron chi connectivity index (χ3n) is 6.82. The molecule has 5 aromatic rings. The molecule has 236 valence electrons. The molecule has 0 aromatic heterocycles. The third-order valence-corrected chi connectivity index (χ3v) is 7.84. The molecule has 0 aliphatic rings. The molecule has 0 bridgehead atoms. The number of carbonyl (C=O) groups is 3. The second-order valence-electron chi connectivity index (χ2n) is 10.3. The summed E-state index contributed by atoms with van der Waals surface area (Å²) in [5, 5.41) is 8.47. The molecule has 0 saturated heterocycles. The van der Waals surface area contributed by atoms with Gasteiger partial charge in [-0.15, -0.1) is 11.8 Å². The second kappa shape index (κ2) is 16.5. The normalized spacial score (nSPS) is 10.9. The van der Waals surface area contributed by atoms with E-state index in [9.17, 15) is 14.4 Å². The molecule has 47 heavy (non-hydrogen) atoms. The Kier molecular flexibility index (Phi) is 11.4. The summed E-state index contributed by atoms with van der Waals surface area (Å²) in [5.41, 5.74) is 3.48. The van der Waals surface area contributed by atoms with Crippen molar-refractivity contribution >= 4 is 46.9 Å². The molecular formula is C38H33N3O5S. The number of amides is 3. The van der Waals surface area contributed by atoms with Gasteiger partial charge in [0.05, 0.1) is 12.9 Å². The van der Waals surface area contributed by atoms with Crippen LogP contribution in [-0.2, 0) is 16.2 Å². The Bertz CT molecular complexity index is 1810. The Morgan fingerprint density at radius 2 is 1.28 bits per heavy atom. The number of rotatable bonds is 13. The molecular weight excluding hydrogens is 611 g/mol. The lowest BCUT2D eigenvalue weighted by molar-refractivity contribution is -0.114. The Labute approximate surface area is 277 Å². The molecule has 0 aliphatic carbocycles. The number of nitrogens with one attached hydrogen (secondary N) is 3. The van der Waals surface area contributed by atoms with E-state index in [4.69, 9.17) is 9.47 Å². The lowest BCUT2D eigenvalue weighted by atomic mass is 10.1. The van der Waals surface area contributed by atoms with Gasteiger partial charge in [0, 0.05) is 21.8 Å². The number of hydrogen-bond donors (Lipinski definition) is 3. The Morgan fingerprint density at radius 3 is 1.94 bits per heavy atom. The minimum absolute atomic E-state index is 0.0745. The molecule has 0 unspecified atom stereocenters. The average Bonchev–Trinajstić information content (AvgIpc) is 3.12. The SMILES string of the molecule is COc1ccc(NC(=O)CSc2ccc(NC(=O)/C(=C/c3ccc(OCc4ccccc4)cc3)NC(=O)c3ccccc3)cc2)cc1. The first-order valence-electron chi connectivity index (χ1n) is 14.8. The molecule has 0 spiro atoms. The largest absolute Gasteiger partial charge is 0.497 e. The number of methoxy groups -OCH3 is 1. The van der Waals surface area contributed by atoms with Crippen molar-refractivity contribution in [3.8, 4) is 11.5 Å². The lowest BCUT2D eigenvalue weighted by Gasteiger charge is -2.12. The summed E-state index contributed by atoms with van der Waals surface area (Å²) in [6.07, 6.45) is 1.61. The van der Waals surface area contributed by atoms with Gasteiger partial charge in [0.25, 0.3) is 11.8 Å². The van der Waals surface area contributed by atoms with E-state index in [-0.39, 0.29) is 17.4 Å². The van der Waals surface area contributed by atoms with E-state index in [0.29, 0.717) is 40.6 Å². The van der Waals surface area contributed by atoms with Crippen molar-refractivity contribution in [2.45, 2.75) is 11.5 Å².